The molecule has 2 aliphatic rings. The fourth-order valence-corrected chi connectivity index (χ4v) is 4.79. The van der Waals surface area contributed by atoms with Gasteiger partial charge in [-0.05, 0) is 47.3 Å². The predicted octanol–water partition coefficient (Wildman–Crippen LogP) is 1.64. The fourth-order valence-electron chi connectivity index (χ4n) is 2.70. The number of hydrogen-bond donors (Lipinski definition) is 0. The van der Waals surface area contributed by atoms with E-state index >= 15 is 0 Å². The Hall–Kier alpha value is -0.700. The van der Waals surface area contributed by atoms with Crippen LogP contribution in [0.25, 0.3) is 0 Å². The Balaban J connectivity index is 1.64. The Kier molecular flexibility index (Phi) is 4.49. The van der Waals surface area contributed by atoms with E-state index in [0.29, 0.717) is 38.5 Å². The van der Waals surface area contributed by atoms with E-state index in [1.165, 1.54) is 4.31 Å². The molecule has 8 heteroatoms. The summed E-state index contributed by atoms with van der Waals surface area (Å²) >= 11 is 3.38. The second kappa shape index (κ2) is 6.20. The number of pyridine rings is 1. The van der Waals surface area contributed by atoms with Crippen molar-refractivity contribution in [2.45, 2.75) is 25.4 Å². The summed E-state index contributed by atoms with van der Waals surface area (Å²) in [4.78, 5) is 4.16. The zero-order valence-corrected chi connectivity index (χ0v) is 14.0. The Morgan fingerprint density at radius 2 is 2.00 bits per heavy atom. The van der Waals surface area contributed by atoms with Crippen LogP contribution < -0.4 is 4.74 Å². The summed E-state index contributed by atoms with van der Waals surface area (Å²) in [5.41, 5.74) is 0. The molecule has 1 atom stereocenters. The van der Waals surface area contributed by atoms with Crippen molar-refractivity contribution >= 4 is 26.1 Å². The lowest BCUT2D eigenvalue weighted by Gasteiger charge is -2.23. The largest absolute Gasteiger partial charge is 0.472 e. The molecule has 0 amide bonds. The van der Waals surface area contributed by atoms with Gasteiger partial charge in [-0.3, -0.25) is 0 Å². The standard InChI is InChI=1S/C13H18BrN3O3S/c14-12-4-3-6-15-13(12)20-11-5-9-17(10-11)21(18,19)16-7-1-2-8-16/h3-4,6,11H,1-2,5,7-10H2. The molecule has 0 spiro atoms. The second-order valence-corrected chi connectivity index (χ2v) is 8.07. The van der Waals surface area contributed by atoms with Gasteiger partial charge >= 0.3 is 0 Å². The van der Waals surface area contributed by atoms with Gasteiger partial charge in [-0.2, -0.15) is 17.0 Å². The first-order valence-electron chi connectivity index (χ1n) is 7.10. The van der Waals surface area contributed by atoms with Crippen LogP contribution in [0.5, 0.6) is 5.88 Å². The molecule has 2 saturated heterocycles. The number of ether oxygens (including phenoxy) is 1. The molecule has 1 aromatic heterocycles. The highest BCUT2D eigenvalue weighted by Crippen LogP contribution is 2.26. The number of aromatic nitrogens is 1. The lowest BCUT2D eigenvalue weighted by Crippen LogP contribution is -2.41. The van der Waals surface area contributed by atoms with E-state index in [-0.39, 0.29) is 6.10 Å². The molecular weight excluding hydrogens is 358 g/mol. The van der Waals surface area contributed by atoms with E-state index < -0.39 is 10.2 Å². The lowest BCUT2D eigenvalue weighted by molar-refractivity contribution is 0.204. The molecule has 6 nitrogen and oxygen atoms in total. The lowest BCUT2D eigenvalue weighted by atomic mass is 10.3. The Morgan fingerprint density at radius 3 is 2.71 bits per heavy atom. The molecule has 3 heterocycles. The molecule has 0 radical (unpaired) electrons. The number of halogens is 1. The second-order valence-electron chi connectivity index (χ2n) is 5.29. The Labute approximate surface area is 133 Å². The third kappa shape index (κ3) is 3.23. The zero-order chi connectivity index (χ0) is 14.9. The van der Waals surface area contributed by atoms with Crippen LogP contribution >= 0.6 is 15.9 Å². The van der Waals surface area contributed by atoms with E-state index in [1.54, 1.807) is 10.5 Å². The minimum absolute atomic E-state index is 0.145. The van der Waals surface area contributed by atoms with Crippen molar-refractivity contribution in [2.24, 2.45) is 0 Å². The summed E-state index contributed by atoms with van der Waals surface area (Å²) in [6.07, 6.45) is 4.11. The van der Waals surface area contributed by atoms with Gasteiger partial charge in [0.05, 0.1) is 11.0 Å². The molecule has 2 aliphatic heterocycles. The van der Waals surface area contributed by atoms with Crippen molar-refractivity contribution in [1.82, 2.24) is 13.6 Å². The third-order valence-electron chi connectivity index (χ3n) is 3.83. The van der Waals surface area contributed by atoms with Crippen molar-refractivity contribution in [3.63, 3.8) is 0 Å². The monoisotopic (exact) mass is 375 g/mol. The van der Waals surface area contributed by atoms with Gasteiger partial charge in [0.2, 0.25) is 5.88 Å². The highest BCUT2D eigenvalue weighted by Gasteiger charge is 2.37. The summed E-state index contributed by atoms with van der Waals surface area (Å²) in [5.74, 6) is 0.517. The van der Waals surface area contributed by atoms with Gasteiger partial charge in [0, 0.05) is 25.8 Å². The van der Waals surface area contributed by atoms with Crippen LogP contribution in [0.3, 0.4) is 0 Å². The molecule has 2 fully saturated rings. The number of hydrogen-bond acceptors (Lipinski definition) is 4. The number of rotatable bonds is 4. The van der Waals surface area contributed by atoms with Crippen LogP contribution in [0.4, 0.5) is 0 Å². The van der Waals surface area contributed by atoms with Crippen LogP contribution in [0, 0.1) is 0 Å². The smallest absolute Gasteiger partial charge is 0.282 e. The van der Waals surface area contributed by atoms with Crippen LogP contribution in [-0.2, 0) is 10.2 Å². The molecule has 116 valence electrons. The Bertz CT molecular complexity index is 604. The molecule has 3 rings (SSSR count). The zero-order valence-electron chi connectivity index (χ0n) is 11.6. The van der Waals surface area contributed by atoms with E-state index in [1.807, 2.05) is 12.1 Å². The minimum Gasteiger partial charge on any atom is -0.472 e. The first kappa shape index (κ1) is 15.2. The van der Waals surface area contributed by atoms with Gasteiger partial charge in [0.1, 0.15) is 6.10 Å². The van der Waals surface area contributed by atoms with Crippen molar-refractivity contribution < 1.29 is 13.2 Å². The first-order chi connectivity index (χ1) is 10.1. The van der Waals surface area contributed by atoms with Gasteiger partial charge in [0.25, 0.3) is 10.2 Å². The van der Waals surface area contributed by atoms with Crippen molar-refractivity contribution in [1.29, 1.82) is 0 Å². The first-order valence-corrected chi connectivity index (χ1v) is 9.29. The predicted molar refractivity (Wildman–Crippen MR) is 82.3 cm³/mol. The molecule has 0 aromatic carbocycles. The van der Waals surface area contributed by atoms with Gasteiger partial charge < -0.3 is 4.74 Å². The molecular formula is C13H18BrN3O3S. The fraction of sp³-hybridized carbons (Fsp3) is 0.615. The molecule has 0 N–H and O–H groups in total. The number of nitrogens with zero attached hydrogens (tertiary/aromatic N) is 3. The van der Waals surface area contributed by atoms with Crippen LogP contribution in [-0.4, -0.2) is 54.3 Å². The van der Waals surface area contributed by atoms with Crippen molar-refractivity contribution in [2.75, 3.05) is 26.2 Å². The minimum atomic E-state index is -3.32. The summed E-state index contributed by atoms with van der Waals surface area (Å²) in [5, 5.41) is 0. The molecule has 0 saturated carbocycles. The van der Waals surface area contributed by atoms with E-state index in [2.05, 4.69) is 20.9 Å². The average molecular weight is 376 g/mol. The average Bonchev–Trinajstić information content (AvgIpc) is 3.12. The molecule has 0 bridgehead atoms. The van der Waals surface area contributed by atoms with Crippen molar-refractivity contribution in [3.8, 4) is 5.88 Å². The van der Waals surface area contributed by atoms with Gasteiger partial charge in [-0.15, -0.1) is 0 Å². The van der Waals surface area contributed by atoms with Gasteiger partial charge in [-0.1, -0.05) is 0 Å². The Morgan fingerprint density at radius 1 is 1.24 bits per heavy atom. The van der Waals surface area contributed by atoms with Crippen molar-refractivity contribution in [3.05, 3.63) is 22.8 Å². The highest BCUT2D eigenvalue weighted by atomic mass is 79.9. The quantitative estimate of drug-likeness (QED) is 0.802. The van der Waals surface area contributed by atoms with Crippen LogP contribution in [0.1, 0.15) is 19.3 Å². The van der Waals surface area contributed by atoms with E-state index in [9.17, 15) is 8.42 Å². The molecule has 1 aromatic rings. The van der Waals surface area contributed by atoms with Crippen LogP contribution in [0.15, 0.2) is 22.8 Å². The van der Waals surface area contributed by atoms with Gasteiger partial charge in [-0.25, -0.2) is 4.98 Å². The van der Waals surface area contributed by atoms with Crippen LogP contribution in [0.2, 0.25) is 0 Å². The molecule has 1 unspecified atom stereocenters. The highest BCUT2D eigenvalue weighted by molar-refractivity contribution is 9.10. The van der Waals surface area contributed by atoms with E-state index in [4.69, 9.17) is 4.74 Å². The van der Waals surface area contributed by atoms with E-state index in [0.717, 1.165) is 17.3 Å². The maximum absolute atomic E-state index is 12.5. The third-order valence-corrected chi connectivity index (χ3v) is 6.43. The molecule has 0 aliphatic carbocycles. The summed E-state index contributed by atoms with van der Waals surface area (Å²) in [7, 11) is -3.32. The topological polar surface area (TPSA) is 62.7 Å². The summed E-state index contributed by atoms with van der Waals surface area (Å²) < 4.78 is 34.6. The molecule has 21 heavy (non-hydrogen) atoms. The van der Waals surface area contributed by atoms with Gasteiger partial charge in [0.15, 0.2) is 0 Å². The summed E-state index contributed by atoms with van der Waals surface area (Å²) in [6, 6.07) is 3.67. The maximum atomic E-state index is 12.5. The normalized spacial score (nSPS) is 24.5. The summed E-state index contributed by atoms with van der Waals surface area (Å²) in [6.45, 7) is 2.17. The maximum Gasteiger partial charge on any atom is 0.282 e. The SMILES string of the molecule is O=S(=O)(N1CCCC1)N1CCC(Oc2ncccc2Br)C1.